The molecule has 3 amide bonds. The second-order valence-corrected chi connectivity index (χ2v) is 11.0. The third kappa shape index (κ3) is 5.29. The van der Waals surface area contributed by atoms with Gasteiger partial charge in [-0.05, 0) is 49.7 Å². The van der Waals surface area contributed by atoms with Crippen LogP contribution in [0, 0.1) is 5.82 Å². The molecular weight excluding hydrogens is 598 g/mol. The lowest BCUT2D eigenvalue weighted by atomic mass is 9.96. The molecule has 14 heteroatoms. The summed E-state index contributed by atoms with van der Waals surface area (Å²) in [6.07, 6.45) is 0.336. The third-order valence-corrected chi connectivity index (χ3v) is 8.41. The molecule has 0 radical (unpaired) electrons. The maximum absolute atomic E-state index is 14.6. The summed E-state index contributed by atoms with van der Waals surface area (Å²) in [5.74, 6) is -2.82. The number of carbonyl (C=O) groups is 3. The first kappa shape index (κ1) is 29.7. The number of nitrogens with one attached hydrogen (secondary N) is 1. The van der Waals surface area contributed by atoms with E-state index in [1.165, 1.54) is 34.8 Å². The van der Waals surface area contributed by atoms with Crippen molar-refractivity contribution in [3.05, 3.63) is 80.3 Å². The maximum Gasteiger partial charge on any atom is 0.387 e. The van der Waals surface area contributed by atoms with Gasteiger partial charge in [0.15, 0.2) is 11.6 Å². The molecule has 3 atom stereocenters. The lowest BCUT2D eigenvalue weighted by Crippen LogP contribution is -2.49. The highest BCUT2D eigenvalue weighted by Gasteiger charge is 2.43. The minimum absolute atomic E-state index is 0.0492. The van der Waals surface area contributed by atoms with Gasteiger partial charge in [0.1, 0.15) is 11.7 Å². The fourth-order valence-electron chi connectivity index (χ4n) is 5.41. The molecule has 5 rings (SSSR count). The zero-order chi connectivity index (χ0) is 30.5. The molecule has 42 heavy (non-hydrogen) atoms. The van der Waals surface area contributed by atoms with E-state index in [2.05, 4.69) is 15.2 Å². The van der Waals surface area contributed by atoms with Gasteiger partial charge in [-0.1, -0.05) is 29.3 Å². The Hall–Kier alpha value is -3.77. The van der Waals surface area contributed by atoms with Gasteiger partial charge in [0.05, 0.1) is 34.9 Å². The molecule has 0 bridgehead atoms. The fourth-order valence-corrected chi connectivity index (χ4v) is 5.70. The van der Waals surface area contributed by atoms with Crippen LogP contribution in [0.4, 0.5) is 13.2 Å². The second-order valence-electron chi connectivity index (χ2n) is 10.2. The number of fused-ring (bicyclic) bond motifs is 3. The number of rotatable bonds is 6. The van der Waals surface area contributed by atoms with Crippen molar-refractivity contribution in [1.29, 1.82) is 0 Å². The molecule has 9 nitrogen and oxygen atoms in total. The number of halogens is 5. The number of aromatic nitrogens is 2. The Morgan fingerprint density at radius 1 is 1.14 bits per heavy atom. The largest absolute Gasteiger partial charge is 0.432 e. The molecule has 1 aromatic heterocycles. The summed E-state index contributed by atoms with van der Waals surface area (Å²) < 4.78 is 45.4. The van der Waals surface area contributed by atoms with E-state index >= 15 is 0 Å². The normalized spacial score (nSPS) is 18.9. The van der Waals surface area contributed by atoms with Gasteiger partial charge in [0, 0.05) is 30.6 Å². The predicted octanol–water partition coefficient (Wildman–Crippen LogP) is 5.02. The minimum Gasteiger partial charge on any atom is -0.432 e. The number of carbonyl (C=O) groups excluding carboxylic acids is 3. The lowest BCUT2D eigenvalue weighted by Gasteiger charge is -2.38. The van der Waals surface area contributed by atoms with Crippen LogP contribution in [0.5, 0.6) is 5.75 Å². The first-order chi connectivity index (χ1) is 19.9. The number of amides is 3. The lowest BCUT2D eigenvalue weighted by molar-refractivity contribution is -0.125. The standard InChI is InChI=1S/C28H26Cl2F3N5O4/c1-13-8-21-17(11-36(13)26(40)16-4-6-18(29)19(30)9-16)24-27(41)37(12-22(25(39)34-3)38(24)35-21)14(2)15-5-7-23(20(31)10-15)42-28(32)33/h4-7,9-10,13-14,22,28H,8,11-12H2,1-3H3,(H,34,39)/t13-,14+,22+/m1/s1. The highest BCUT2D eigenvalue weighted by atomic mass is 35.5. The van der Waals surface area contributed by atoms with E-state index in [-0.39, 0.29) is 35.8 Å². The van der Waals surface area contributed by atoms with Crippen molar-refractivity contribution in [3.63, 3.8) is 0 Å². The highest BCUT2D eigenvalue weighted by molar-refractivity contribution is 6.42. The Kier molecular flexibility index (Phi) is 8.13. The van der Waals surface area contributed by atoms with E-state index < -0.39 is 42.1 Å². The topological polar surface area (TPSA) is 96.8 Å². The molecule has 2 aliphatic heterocycles. The summed E-state index contributed by atoms with van der Waals surface area (Å²) in [4.78, 5) is 43.5. The fraction of sp³-hybridized carbons (Fsp3) is 0.357. The zero-order valence-corrected chi connectivity index (χ0v) is 24.2. The number of hydrogen-bond donors (Lipinski definition) is 1. The molecule has 2 aromatic carbocycles. The third-order valence-electron chi connectivity index (χ3n) is 7.67. The number of ether oxygens (including phenoxy) is 1. The molecule has 3 aromatic rings. The van der Waals surface area contributed by atoms with Crippen LogP contribution >= 0.6 is 23.2 Å². The van der Waals surface area contributed by atoms with E-state index in [4.69, 9.17) is 23.2 Å². The number of likely N-dealkylation sites (N-methyl/N-ethyl adjacent to an activating group) is 1. The molecule has 1 N–H and O–H groups in total. The van der Waals surface area contributed by atoms with Crippen LogP contribution in [0.3, 0.4) is 0 Å². The van der Waals surface area contributed by atoms with Gasteiger partial charge in [-0.25, -0.2) is 9.07 Å². The van der Waals surface area contributed by atoms with E-state index in [0.717, 1.165) is 12.1 Å². The number of nitrogens with zero attached hydrogens (tertiary/aromatic N) is 4. The molecule has 0 saturated heterocycles. The van der Waals surface area contributed by atoms with Crippen LogP contribution in [0.25, 0.3) is 0 Å². The van der Waals surface area contributed by atoms with Crippen LogP contribution in [0.1, 0.15) is 63.6 Å². The van der Waals surface area contributed by atoms with E-state index in [1.807, 2.05) is 6.92 Å². The summed E-state index contributed by atoms with van der Waals surface area (Å²) in [5.41, 5.74) is 1.88. The van der Waals surface area contributed by atoms with Gasteiger partial charge in [-0.3, -0.25) is 14.4 Å². The molecule has 0 unspecified atom stereocenters. The Balaban J connectivity index is 1.51. The smallest absolute Gasteiger partial charge is 0.387 e. The Labute approximate surface area is 249 Å². The van der Waals surface area contributed by atoms with Gasteiger partial charge in [-0.2, -0.15) is 13.9 Å². The van der Waals surface area contributed by atoms with Gasteiger partial charge in [0.25, 0.3) is 11.8 Å². The van der Waals surface area contributed by atoms with Crippen LogP contribution < -0.4 is 10.1 Å². The van der Waals surface area contributed by atoms with Gasteiger partial charge >= 0.3 is 6.61 Å². The van der Waals surface area contributed by atoms with Crippen LogP contribution in [-0.2, 0) is 17.8 Å². The molecule has 3 heterocycles. The maximum atomic E-state index is 14.6. The summed E-state index contributed by atoms with van der Waals surface area (Å²) in [7, 11) is 1.46. The average molecular weight is 624 g/mol. The van der Waals surface area contributed by atoms with Crippen molar-refractivity contribution >= 4 is 40.9 Å². The first-order valence-corrected chi connectivity index (χ1v) is 13.8. The SMILES string of the molecule is CNC(=O)[C@@H]1CN([C@@H](C)c2ccc(OC(F)F)c(F)c2)C(=O)c2c3c(nn21)C[C@@H](C)N(C(=O)c1ccc(Cl)c(Cl)c1)C3. The monoisotopic (exact) mass is 623 g/mol. The van der Waals surface area contributed by atoms with Crippen molar-refractivity contribution in [1.82, 2.24) is 24.9 Å². The highest BCUT2D eigenvalue weighted by Crippen LogP contribution is 2.36. The summed E-state index contributed by atoms with van der Waals surface area (Å²) >= 11 is 12.2. The molecule has 0 aliphatic carbocycles. The summed E-state index contributed by atoms with van der Waals surface area (Å²) in [6.45, 7) is 0.275. The Bertz CT molecular complexity index is 1580. The first-order valence-electron chi connectivity index (χ1n) is 13.0. The van der Waals surface area contributed by atoms with Crippen LogP contribution in [-0.4, -0.2) is 63.5 Å². The molecular formula is C28H26Cl2F3N5O4. The van der Waals surface area contributed by atoms with Crippen LogP contribution in [0.2, 0.25) is 10.0 Å². The minimum atomic E-state index is -3.20. The average Bonchev–Trinajstić information content (AvgIpc) is 3.32. The second kappa shape index (κ2) is 11.5. The zero-order valence-electron chi connectivity index (χ0n) is 22.7. The number of alkyl halides is 2. The van der Waals surface area contributed by atoms with E-state index in [1.54, 1.807) is 17.9 Å². The molecule has 222 valence electrons. The summed E-state index contributed by atoms with van der Waals surface area (Å²) in [6, 6.07) is 6.11. The predicted molar refractivity (Wildman–Crippen MR) is 147 cm³/mol. The molecule has 0 saturated carbocycles. The van der Waals surface area contributed by atoms with Crippen LogP contribution in [0.15, 0.2) is 36.4 Å². The quantitative estimate of drug-likeness (QED) is 0.416. The summed E-state index contributed by atoms with van der Waals surface area (Å²) in [5, 5.41) is 7.78. The van der Waals surface area contributed by atoms with E-state index in [0.29, 0.717) is 33.8 Å². The number of benzene rings is 2. The van der Waals surface area contributed by atoms with E-state index in [9.17, 15) is 27.6 Å². The van der Waals surface area contributed by atoms with Crippen molar-refractivity contribution in [2.24, 2.45) is 0 Å². The Morgan fingerprint density at radius 2 is 1.88 bits per heavy atom. The molecule has 0 spiro atoms. The van der Waals surface area contributed by atoms with Gasteiger partial charge in [-0.15, -0.1) is 0 Å². The van der Waals surface area contributed by atoms with Crippen molar-refractivity contribution in [3.8, 4) is 5.75 Å². The van der Waals surface area contributed by atoms with Crippen molar-refractivity contribution < 1.29 is 32.3 Å². The van der Waals surface area contributed by atoms with Gasteiger partial charge in [0.2, 0.25) is 5.91 Å². The Morgan fingerprint density at radius 3 is 2.52 bits per heavy atom. The molecule has 2 aliphatic rings. The molecule has 0 fully saturated rings. The van der Waals surface area contributed by atoms with Gasteiger partial charge < -0.3 is 19.9 Å². The van der Waals surface area contributed by atoms with Crippen molar-refractivity contribution in [2.75, 3.05) is 13.6 Å². The number of hydrogen-bond acceptors (Lipinski definition) is 5. The van der Waals surface area contributed by atoms with Crippen molar-refractivity contribution in [2.45, 2.75) is 51.6 Å².